The molecule has 1 unspecified atom stereocenters. The number of hydrogen-bond acceptors (Lipinski definition) is 2. The van der Waals surface area contributed by atoms with Gasteiger partial charge in [0.1, 0.15) is 5.82 Å². The summed E-state index contributed by atoms with van der Waals surface area (Å²) in [5, 5.41) is 5.43. The first kappa shape index (κ1) is 16.4. The zero-order valence-corrected chi connectivity index (χ0v) is 12.7. The monoisotopic (exact) mass is 312 g/mol. The van der Waals surface area contributed by atoms with Crippen LogP contribution < -0.4 is 10.6 Å². The second-order valence-corrected chi connectivity index (χ2v) is 5.02. The van der Waals surface area contributed by atoms with Crippen molar-refractivity contribution in [2.75, 3.05) is 5.32 Å². The van der Waals surface area contributed by atoms with E-state index in [1.54, 1.807) is 36.4 Å². The summed E-state index contributed by atoms with van der Waals surface area (Å²) in [7, 11) is 0. The van der Waals surface area contributed by atoms with Crippen LogP contribution in [0.25, 0.3) is 0 Å². The maximum absolute atomic E-state index is 12.9. The van der Waals surface area contributed by atoms with Crippen LogP contribution in [0.1, 0.15) is 28.9 Å². The Morgan fingerprint density at radius 1 is 1.17 bits per heavy atom. The summed E-state index contributed by atoms with van der Waals surface area (Å²) in [6.07, 6.45) is 1.16. The van der Waals surface area contributed by atoms with Crippen LogP contribution in [-0.2, 0) is 4.79 Å². The van der Waals surface area contributed by atoms with Gasteiger partial charge in [-0.1, -0.05) is 24.8 Å². The van der Waals surface area contributed by atoms with Crippen molar-refractivity contribution in [2.45, 2.75) is 13.0 Å². The molecule has 5 heteroatoms. The third kappa shape index (κ3) is 4.51. The van der Waals surface area contributed by atoms with E-state index in [1.807, 2.05) is 6.92 Å². The molecule has 0 aliphatic rings. The number of benzene rings is 2. The maximum Gasteiger partial charge on any atom is 0.251 e. The molecule has 2 amide bonds. The Kier molecular flexibility index (Phi) is 5.25. The van der Waals surface area contributed by atoms with E-state index >= 15 is 0 Å². The minimum Gasteiger partial charge on any atom is -0.346 e. The van der Waals surface area contributed by atoms with E-state index in [4.69, 9.17) is 0 Å². The lowest BCUT2D eigenvalue weighted by Gasteiger charge is -2.15. The highest BCUT2D eigenvalue weighted by Gasteiger charge is 2.12. The van der Waals surface area contributed by atoms with E-state index in [-0.39, 0.29) is 23.7 Å². The molecule has 0 aromatic heterocycles. The van der Waals surface area contributed by atoms with Gasteiger partial charge in [-0.15, -0.1) is 0 Å². The lowest BCUT2D eigenvalue weighted by atomic mass is 10.1. The van der Waals surface area contributed by atoms with Gasteiger partial charge < -0.3 is 10.6 Å². The molecule has 2 rings (SSSR count). The topological polar surface area (TPSA) is 58.2 Å². The SMILES string of the molecule is C=CC(=O)Nc1cccc(C(=O)NC(C)c2ccc(F)cc2)c1. The molecule has 0 saturated carbocycles. The quantitative estimate of drug-likeness (QED) is 0.831. The first-order valence-electron chi connectivity index (χ1n) is 7.09. The number of nitrogens with one attached hydrogen (secondary N) is 2. The van der Waals surface area contributed by atoms with Gasteiger partial charge in [-0.2, -0.15) is 0 Å². The van der Waals surface area contributed by atoms with Crippen LogP contribution in [0.3, 0.4) is 0 Å². The second-order valence-electron chi connectivity index (χ2n) is 5.02. The lowest BCUT2D eigenvalue weighted by molar-refractivity contribution is -0.111. The molecule has 23 heavy (non-hydrogen) atoms. The summed E-state index contributed by atoms with van der Waals surface area (Å²) >= 11 is 0. The highest BCUT2D eigenvalue weighted by Crippen LogP contribution is 2.15. The smallest absolute Gasteiger partial charge is 0.251 e. The number of anilines is 1. The molecule has 2 aromatic rings. The number of carbonyl (C=O) groups is 2. The van der Waals surface area contributed by atoms with E-state index in [1.165, 1.54) is 12.1 Å². The molecule has 2 aromatic carbocycles. The van der Waals surface area contributed by atoms with Crippen LogP contribution in [0.4, 0.5) is 10.1 Å². The third-order valence-electron chi connectivity index (χ3n) is 3.30. The van der Waals surface area contributed by atoms with Crippen LogP contribution in [0.2, 0.25) is 0 Å². The minimum absolute atomic E-state index is 0.269. The number of halogens is 1. The van der Waals surface area contributed by atoms with Crippen LogP contribution in [-0.4, -0.2) is 11.8 Å². The fourth-order valence-electron chi connectivity index (χ4n) is 2.05. The van der Waals surface area contributed by atoms with E-state index in [9.17, 15) is 14.0 Å². The Hall–Kier alpha value is -2.95. The Morgan fingerprint density at radius 3 is 2.52 bits per heavy atom. The van der Waals surface area contributed by atoms with E-state index in [0.717, 1.165) is 11.6 Å². The largest absolute Gasteiger partial charge is 0.346 e. The predicted octanol–water partition coefficient (Wildman–Crippen LogP) is 3.44. The van der Waals surface area contributed by atoms with Crippen molar-refractivity contribution in [3.8, 4) is 0 Å². The maximum atomic E-state index is 12.9. The molecule has 0 spiro atoms. The zero-order chi connectivity index (χ0) is 16.8. The average molecular weight is 312 g/mol. The Bertz CT molecular complexity index is 726. The van der Waals surface area contributed by atoms with Crippen LogP contribution in [0.15, 0.2) is 61.2 Å². The summed E-state index contributed by atoms with van der Waals surface area (Å²) in [5.74, 6) is -0.947. The van der Waals surface area contributed by atoms with Crippen molar-refractivity contribution in [3.05, 3.63) is 78.1 Å². The van der Waals surface area contributed by atoms with Crippen molar-refractivity contribution in [3.63, 3.8) is 0 Å². The summed E-state index contributed by atoms with van der Waals surface area (Å²) in [5.41, 5.74) is 1.73. The predicted molar refractivity (Wildman–Crippen MR) is 87.5 cm³/mol. The fraction of sp³-hybridized carbons (Fsp3) is 0.111. The standard InChI is InChI=1S/C18H17FN2O2/c1-3-17(22)21-16-6-4-5-14(11-16)18(23)20-12(2)13-7-9-15(19)10-8-13/h3-12H,1H2,2H3,(H,20,23)(H,21,22). The Morgan fingerprint density at radius 2 is 1.87 bits per heavy atom. The van der Waals surface area contributed by atoms with Crippen molar-refractivity contribution >= 4 is 17.5 Å². The molecule has 0 radical (unpaired) electrons. The van der Waals surface area contributed by atoms with Gasteiger partial charge in [0, 0.05) is 11.3 Å². The van der Waals surface area contributed by atoms with E-state index in [0.29, 0.717) is 11.3 Å². The minimum atomic E-state index is -0.345. The van der Waals surface area contributed by atoms with Crippen LogP contribution in [0.5, 0.6) is 0 Å². The van der Waals surface area contributed by atoms with Crippen molar-refractivity contribution in [2.24, 2.45) is 0 Å². The summed E-state index contributed by atoms with van der Waals surface area (Å²) in [6.45, 7) is 5.19. The van der Waals surface area contributed by atoms with Gasteiger partial charge in [-0.05, 0) is 48.9 Å². The third-order valence-corrected chi connectivity index (χ3v) is 3.30. The van der Waals surface area contributed by atoms with Crippen LogP contribution in [0, 0.1) is 5.82 Å². The van der Waals surface area contributed by atoms with Crippen molar-refractivity contribution in [1.29, 1.82) is 0 Å². The molecule has 1 atom stereocenters. The zero-order valence-electron chi connectivity index (χ0n) is 12.7. The van der Waals surface area contributed by atoms with E-state index < -0.39 is 0 Å². The van der Waals surface area contributed by atoms with E-state index in [2.05, 4.69) is 17.2 Å². The van der Waals surface area contributed by atoms with Crippen molar-refractivity contribution in [1.82, 2.24) is 5.32 Å². The Balaban J connectivity index is 2.08. The van der Waals surface area contributed by atoms with Gasteiger partial charge in [-0.3, -0.25) is 9.59 Å². The molecule has 118 valence electrons. The number of rotatable bonds is 5. The summed E-state index contributed by atoms with van der Waals surface area (Å²) in [4.78, 5) is 23.6. The first-order chi connectivity index (χ1) is 11.0. The van der Waals surface area contributed by atoms with Gasteiger partial charge in [-0.25, -0.2) is 4.39 Å². The molecule has 4 nitrogen and oxygen atoms in total. The van der Waals surface area contributed by atoms with Gasteiger partial charge in [0.25, 0.3) is 5.91 Å². The molecule has 0 bridgehead atoms. The summed E-state index contributed by atoms with van der Waals surface area (Å²) in [6, 6.07) is 12.3. The number of amides is 2. The molecular weight excluding hydrogens is 295 g/mol. The molecule has 0 aliphatic heterocycles. The molecule has 0 fully saturated rings. The molecule has 0 saturated heterocycles. The van der Waals surface area contributed by atoms with Crippen LogP contribution >= 0.6 is 0 Å². The van der Waals surface area contributed by atoms with Gasteiger partial charge >= 0.3 is 0 Å². The average Bonchev–Trinajstić information content (AvgIpc) is 2.55. The normalized spacial score (nSPS) is 11.4. The fourth-order valence-corrected chi connectivity index (χ4v) is 2.05. The highest BCUT2D eigenvalue weighted by molar-refractivity contribution is 6.00. The van der Waals surface area contributed by atoms with Crippen molar-refractivity contribution < 1.29 is 14.0 Å². The molecule has 2 N–H and O–H groups in total. The lowest BCUT2D eigenvalue weighted by Crippen LogP contribution is -2.26. The number of carbonyl (C=O) groups excluding carboxylic acids is 2. The molecule has 0 aliphatic carbocycles. The molecular formula is C18H17FN2O2. The number of hydrogen-bond donors (Lipinski definition) is 2. The highest BCUT2D eigenvalue weighted by atomic mass is 19.1. The van der Waals surface area contributed by atoms with Gasteiger partial charge in [0.2, 0.25) is 5.91 Å². The first-order valence-corrected chi connectivity index (χ1v) is 7.09. The molecule has 0 heterocycles. The van der Waals surface area contributed by atoms with Gasteiger partial charge in [0.05, 0.1) is 6.04 Å². The van der Waals surface area contributed by atoms with Gasteiger partial charge in [0.15, 0.2) is 0 Å². The summed E-state index contributed by atoms with van der Waals surface area (Å²) < 4.78 is 12.9. The second kappa shape index (κ2) is 7.35. The Labute approximate surface area is 134 Å².